The third-order valence-electron chi connectivity index (χ3n) is 3.25. The summed E-state index contributed by atoms with van der Waals surface area (Å²) in [6, 6.07) is 4.17. The predicted molar refractivity (Wildman–Crippen MR) is 72.7 cm³/mol. The summed E-state index contributed by atoms with van der Waals surface area (Å²) in [7, 11) is 0. The van der Waals surface area contributed by atoms with Crippen molar-refractivity contribution in [2.75, 3.05) is 0 Å². The highest BCUT2D eigenvalue weighted by atomic mass is 79.9. The average Bonchev–Trinajstić information content (AvgIpc) is 2.30. The molecule has 2 N–H and O–H groups in total. The van der Waals surface area contributed by atoms with Crippen molar-refractivity contribution in [3.8, 4) is 0 Å². The van der Waals surface area contributed by atoms with E-state index >= 15 is 0 Å². The van der Waals surface area contributed by atoms with E-state index in [0.29, 0.717) is 5.92 Å². The van der Waals surface area contributed by atoms with E-state index < -0.39 is 0 Å². The Labute approximate surface area is 112 Å². The van der Waals surface area contributed by atoms with E-state index in [1.807, 2.05) is 18.3 Å². The second kappa shape index (κ2) is 6.58. The molecule has 16 heavy (non-hydrogen) atoms. The Balaban J connectivity index is 0.00000128. The Kier molecular flexibility index (Phi) is 5.73. The minimum absolute atomic E-state index is 0. The van der Waals surface area contributed by atoms with E-state index in [2.05, 4.69) is 20.9 Å². The van der Waals surface area contributed by atoms with Crippen LogP contribution in [0.25, 0.3) is 0 Å². The zero-order valence-electron chi connectivity index (χ0n) is 9.23. The quantitative estimate of drug-likeness (QED) is 0.901. The van der Waals surface area contributed by atoms with Gasteiger partial charge in [0.1, 0.15) is 0 Å². The molecule has 1 fully saturated rings. The fraction of sp³-hybridized carbons (Fsp3) is 0.583. The summed E-state index contributed by atoms with van der Waals surface area (Å²) in [5.74, 6) is 0.632. The van der Waals surface area contributed by atoms with Crippen molar-refractivity contribution in [1.82, 2.24) is 4.98 Å². The summed E-state index contributed by atoms with van der Waals surface area (Å²) in [6.45, 7) is 0. The van der Waals surface area contributed by atoms with E-state index in [4.69, 9.17) is 5.73 Å². The van der Waals surface area contributed by atoms with Crippen molar-refractivity contribution < 1.29 is 0 Å². The average molecular weight is 306 g/mol. The molecular formula is C12H18BrClN2. The molecule has 1 atom stereocenters. The Morgan fingerprint density at radius 1 is 1.25 bits per heavy atom. The summed E-state index contributed by atoms with van der Waals surface area (Å²) in [6.07, 6.45) is 8.39. The highest BCUT2D eigenvalue weighted by Gasteiger charge is 2.22. The van der Waals surface area contributed by atoms with Gasteiger partial charge in [0, 0.05) is 16.7 Å². The lowest BCUT2D eigenvalue weighted by Crippen LogP contribution is -2.24. The van der Waals surface area contributed by atoms with Crippen molar-refractivity contribution >= 4 is 28.3 Å². The number of nitrogens with zero attached hydrogens (tertiary/aromatic N) is 1. The molecule has 0 radical (unpaired) electrons. The summed E-state index contributed by atoms with van der Waals surface area (Å²) in [4.78, 5) is 4.38. The molecule has 0 bridgehead atoms. The molecule has 1 heterocycles. The monoisotopic (exact) mass is 304 g/mol. The standard InChI is InChI=1S/C12H17BrN2.ClH/c13-10-6-7-11(15-8-10)12(14)9-4-2-1-3-5-9;/h6-9,12H,1-5,14H2;1H/t12-;/m1./s1. The SMILES string of the molecule is Cl.N[C@@H](c1ccc(Br)cn1)C1CCCCC1. The normalized spacial score (nSPS) is 18.9. The topological polar surface area (TPSA) is 38.9 Å². The van der Waals surface area contributed by atoms with Gasteiger partial charge in [-0.15, -0.1) is 12.4 Å². The Morgan fingerprint density at radius 3 is 2.50 bits per heavy atom. The van der Waals surface area contributed by atoms with Crippen LogP contribution < -0.4 is 5.73 Å². The summed E-state index contributed by atoms with van der Waals surface area (Å²) >= 11 is 3.39. The van der Waals surface area contributed by atoms with Crippen LogP contribution >= 0.6 is 28.3 Å². The second-order valence-electron chi connectivity index (χ2n) is 4.33. The zero-order valence-corrected chi connectivity index (χ0v) is 11.6. The maximum atomic E-state index is 6.24. The summed E-state index contributed by atoms with van der Waals surface area (Å²) in [5.41, 5.74) is 7.27. The van der Waals surface area contributed by atoms with Crippen LogP contribution in [-0.2, 0) is 0 Å². The number of pyridine rings is 1. The van der Waals surface area contributed by atoms with Crippen molar-refractivity contribution in [2.24, 2.45) is 11.7 Å². The molecule has 0 spiro atoms. The van der Waals surface area contributed by atoms with Crippen LogP contribution in [0.15, 0.2) is 22.8 Å². The maximum Gasteiger partial charge on any atom is 0.0574 e. The lowest BCUT2D eigenvalue weighted by molar-refractivity contribution is 0.305. The van der Waals surface area contributed by atoms with Crippen molar-refractivity contribution in [3.05, 3.63) is 28.5 Å². The number of aromatic nitrogens is 1. The van der Waals surface area contributed by atoms with Gasteiger partial charge in [-0.25, -0.2) is 0 Å². The fourth-order valence-corrected chi connectivity index (χ4v) is 2.55. The molecule has 1 aliphatic rings. The highest BCUT2D eigenvalue weighted by Crippen LogP contribution is 2.32. The van der Waals surface area contributed by atoms with Crippen molar-refractivity contribution in [2.45, 2.75) is 38.1 Å². The first-order chi connectivity index (χ1) is 7.27. The van der Waals surface area contributed by atoms with E-state index in [9.17, 15) is 0 Å². The molecule has 0 aromatic carbocycles. The second-order valence-corrected chi connectivity index (χ2v) is 5.24. The van der Waals surface area contributed by atoms with Gasteiger partial charge in [-0.1, -0.05) is 19.3 Å². The number of hydrogen-bond acceptors (Lipinski definition) is 2. The van der Waals surface area contributed by atoms with E-state index in [0.717, 1.165) is 10.2 Å². The minimum atomic E-state index is 0. The first-order valence-electron chi connectivity index (χ1n) is 5.64. The molecular weight excluding hydrogens is 288 g/mol. The molecule has 1 saturated carbocycles. The van der Waals surface area contributed by atoms with Gasteiger partial charge in [-0.05, 0) is 46.8 Å². The van der Waals surface area contributed by atoms with Crippen LogP contribution in [-0.4, -0.2) is 4.98 Å². The van der Waals surface area contributed by atoms with Crippen LogP contribution in [0.4, 0.5) is 0 Å². The molecule has 0 aliphatic heterocycles. The lowest BCUT2D eigenvalue weighted by atomic mass is 9.83. The van der Waals surface area contributed by atoms with Gasteiger partial charge in [-0.3, -0.25) is 4.98 Å². The fourth-order valence-electron chi connectivity index (χ4n) is 2.32. The summed E-state index contributed by atoms with van der Waals surface area (Å²) in [5, 5.41) is 0. The third kappa shape index (κ3) is 3.44. The van der Waals surface area contributed by atoms with Crippen LogP contribution in [0.1, 0.15) is 43.8 Å². The van der Waals surface area contributed by atoms with Gasteiger partial charge in [0.05, 0.1) is 5.69 Å². The minimum Gasteiger partial charge on any atom is -0.322 e. The molecule has 1 aliphatic carbocycles. The van der Waals surface area contributed by atoms with Gasteiger partial charge in [0.15, 0.2) is 0 Å². The number of hydrogen-bond donors (Lipinski definition) is 1. The van der Waals surface area contributed by atoms with Crippen molar-refractivity contribution in [1.29, 1.82) is 0 Å². The van der Waals surface area contributed by atoms with Crippen LogP contribution in [0.3, 0.4) is 0 Å². The molecule has 2 nitrogen and oxygen atoms in total. The Hall–Kier alpha value is -0.120. The van der Waals surface area contributed by atoms with Gasteiger partial charge in [0.25, 0.3) is 0 Å². The summed E-state index contributed by atoms with van der Waals surface area (Å²) < 4.78 is 1.02. The third-order valence-corrected chi connectivity index (χ3v) is 3.72. The van der Waals surface area contributed by atoms with Gasteiger partial charge in [-0.2, -0.15) is 0 Å². The van der Waals surface area contributed by atoms with E-state index in [1.54, 1.807) is 0 Å². The molecule has 1 aromatic rings. The first-order valence-corrected chi connectivity index (χ1v) is 6.43. The molecule has 0 saturated heterocycles. The number of nitrogens with two attached hydrogens (primary N) is 1. The van der Waals surface area contributed by atoms with Gasteiger partial charge >= 0.3 is 0 Å². The molecule has 90 valence electrons. The highest BCUT2D eigenvalue weighted by molar-refractivity contribution is 9.10. The predicted octanol–water partition coefficient (Wildman–Crippen LogP) is 3.85. The molecule has 4 heteroatoms. The van der Waals surface area contributed by atoms with Crippen molar-refractivity contribution in [3.63, 3.8) is 0 Å². The van der Waals surface area contributed by atoms with Gasteiger partial charge in [0.2, 0.25) is 0 Å². The lowest BCUT2D eigenvalue weighted by Gasteiger charge is -2.27. The first kappa shape index (κ1) is 13.9. The largest absolute Gasteiger partial charge is 0.322 e. The molecule has 0 amide bonds. The number of halogens is 2. The van der Waals surface area contributed by atoms with Crippen LogP contribution in [0.5, 0.6) is 0 Å². The Bertz CT molecular complexity index is 309. The molecule has 1 aromatic heterocycles. The molecule has 0 unspecified atom stereocenters. The van der Waals surface area contributed by atoms with E-state index in [1.165, 1.54) is 32.1 Å². The molecule has 2 rings (SSSR count). The smallest absolute Gasteiger partial charge is 0.0574 e. The van der Waals surface area contributed by atoms with E-state index in [-0.39, 0.29) is 18.4 Å². The van der Waals surface area contributed by atoms with Crippen LogP contribution in [0.2, 0.25) is 0 Å². The Morgan fingerprint density at radius 2 is 1.94 bits per heavy atom. The van der Waals surface area contributed by atoms with Crippen LogP contribution in [0, 0.1) is 5.92 Å². The maximum absolute atomic E-state index is 6.24. The number of rotatable bonds is 2. The zero-order chi connectivity index (χ0) is 10.7. The van der Waals surface area contributed by atoms with Gasteiger partial charge < -0.3 is 5.73 Å².